The molecule has 0 fully saturated rings. The molecular formula is C4H7IO3S. The molecule has 0 saturated carbocycles. The Morgan fingerprint density at radius 2 is 2.33 bits per heavy atom. The largest absolute Gasteiger partial charge is 0.467 e. The zero-order valence-electron chi connectivity index (χ0n) is 5.09. The Kier molecular flexibility index (Phi) is 5.61. The first-order valence-corrected chi connectivity index (χ1v) is 5.52. The van der Waals surface area contributed by atoms with Gasteiger partial charge in [0.05, 0.1) is 16.3 Å². The lowest BCUT2D eigenvalue weighted by atomic mass is 10.4. The molecule has 0 amide bonds. The van der Waals surface area contributed by atoms with E-state index in [0.29, 0.717) is 0 Å². The fourth-order valence-corrected chi connectivity index (χ4v) is 1.38. The van der Waals surface area contributed by atoms with Crippen molar-refractivity contribution in [2.75, 3.05) is 7.11 Å². The summed E-state index contributed by atoms with van der Waals surface area (Å²) in [6.07, 6.45) is -0.475. The second kappa shape index (κ2) is 5.31. The summed E-state index contributed by atoms with van der Waals surface area (Å²) in [6.45, 7) is 1.64. The van der Waals surface area contributed by atoms with E-state index in [2.05, 4.69) is 4.74 Å². The van der Waals surface area contributed by atoms with Crippen LogP contribution in [0.5, 0.6) is 0 Å². The van der Waals surface area contributed by atoms with E-state index < -0.39 is 6.10 Å². The van der Waals surface area contributed by atoms with Gasteiger partial charge in [0.1, 0.15) is 0 Å². The Morgan fingerprint density at radius 3 is 2.67 bits per heavy atom. The SMILES string of the molecule is COC(=O)[C@H](C)OSI. The van der Waals surface area contributed by atoms with Crippen molar-refractivity contribution in [3.63, 3.8) is 0 Å². The van der Waals surface area contributed by atoms with Crippen LogP contribution in [0.3, 0.4) is 0 Å². The van der Waals surface area contributed by atoms with Crippen LogP contribution in [0.15, 0.2) is 0 Å². The Balaban J connectivity index is 3.45. The predicted octanol–water partition coefficient (Wildman–Crippen LogP) is 1.56. The van der Waals surface area contributed by atoms with Crippen LogP contribution in [-0.2, 0) is 13.7 Å². The average Bonchev–Trinajstić information content (AvgIpc) is 1.87. The third kappa shape index (κ3) is 3.99. The van der Waals surface area contributed by atoms with Gasteiger partial charge in [-0.25, -0.2) is 4.79 Å². The lowest BCUT2D eigenvalue weighted by Crippen LogP contribution is -2.18. The molecule has 0 rings (SSSR count). The van der Waals surface area contributed by atoms with Crippen molar-refractivity contribution in [3.8, 4) is 0 Å². The third-order valence-electron chi connectivity index (χ3n) is 0.714. The monoisotopic (exact) mass is 262 g/mol. The number of methoxy groups -OCH3 is 1. The van der Waals surface area contributed by atoms with Gasteiger partial charge < -0.3 is 4.74 Å². The number of ether oxygens (including phenoxy) is 1. The first-order valence-electron chi connectivity index (χ1n) is 2.24. The van der Waals surface area contributed by atoms with Gasteiger partial charge >= 0.3 is 5.97 Å². The van der Waals surface area contributed by atoms with Crippen LogP contribution in [0, 0.1) is 0 Å². The van der Waals surface area contributed by atoms with Gasteiger partial charge in [-0.2, -0.15) is 0 Å². The van der Waals surface area contributed by atoms with E-state index in [1.165, 1.54) is 7.11 Å². The van der Waals surface area contributed by atoms with E-state index in [-0.39, 0.29) is 5.97 Å². The number of halogens is 1. The highest BCUT2D eigenvalue weighted by atomic mass is 127. The quantitative estimate of drug-likeness (QED) is 0.439. The summed E-state index contributed by atoms with van der Waals surface area (Å²) in [5.41, 5.74) is 0. The van der Waals surface area contributed by atoms with Crippen molar-refractivity contribution in [1.82, 2.24) is 0 Å². The zero-order chi connectivity index (χ0) is 7.28. The van der Waals surface area contributed by atoms with E-state index in [1.807, 2.05) is 21.2 Å². The molecule has 0 unspecified atom stereocenters. The van der Waals surface area contributed by atoms with Gasteiger partial charge in [-0.15, -0.1) is 0 Å². The normalized spacial score (nSPS) is 12.8. The Hall–Kier alpha value is 0.510. The number of carbonyl (C=O) groups excluding carboxylic acids is 1. The molecule has 0 N–H and O–H groups in total. The van der Waals surface area contributed by atoms with Gasteiger partial charge in [0, 0.05) is 21.2 Å². The first-order chi connectivity index (χ1) is 4.22. The second-order valence-electron chi connectivity index (χ2n) is 1.32. The molecule has 54 valence electrons. The van der Waals surface area contributed by atoms with Gasteiger partial charge in [0.2, 0.25) is 0 Å². The van der Waals surface area contributed by atoms with Gasteiger partial charge in [0.15, 0.2) is 6.10 Å². The molecule has 0 aromatic heterocycles. The van der Waals surface area contributed by atoms with Crippen LogP contribution in [0.1, 0.15) is 6.92 Å². The summed E-state index contributed by atoms with van der Waals surface area (Å²) in [5, 5.41) is 0. The van der Waals surface area contributed by atoms with E-state index in [0.717, 1.165) is 9.21 Å². The zero-order valence-corrected chi connectivity index (χ0v) is 8.06. The summed E-state index contributed by atoms with van der Waals surface area (Å²) in [6, 6.07) is 0. The topological polar surface area (TPSA) is 35.5 Å². The maximum absolute atomic E-state index is 10.5. The van der Waals surface area contributed by atoms with Crippen LogP contribution >= 0.6 is 30.4 Å². The van der Waals surface area contributed by atoms with Crippen molar-refractivity contribution in [2.24, 2.45) is 0 Å². The van der Waals surface area contributed by atoms with Crippen LogP contribution in [0.2, 0.25) is 0 Å². The minimum Gasteiger partial charge on any atom is -0.467 e. The molecule has 5 heteroatoms. The molecule has 0 heterocycles. The molecule has 9 heavy (non-hydrogen) atoms. The number of hydrogen-bond donors (Lipinski definition) is 0. The molecule has 0 aromatic carbocycles. The molecule has 0 saturated heterocycles. The van der Waals surface area contributed by atoms with Crippen molar-refractivity contribution < 1.29 is 13.7 Å². The van der Waals surface area contributed by atoms with E-state index in [4.69, 9.17) is 4.18 Å². The lowest BCUT2D eigenvalue weighted by molar-refractivity contribution is -0.147. The van der Waals surface area contributed by atoms with Crippen LogP contribution in [-0.4, -0.2) is 19.2 Å². The smallest absolute Gasteiger partial charge is 0.336 e. The maximum atomic E-state index is 10.5. The molecular weight excluding hydrogens is 255 g/mol. The predicted molar refractivity (Wildman–Crippen MR) is 44.2 cm³/mol. The minimum atomic E-state index is -0.475. The summed E-state index contributed by atoms with van der Waals surface area (Å²) in [5.74, 6) is -0.348. The second-order valence-corrected chi connectivity index (χ2v) is 2.72. The Morgan fingerprint density at radius 1 is 1.78 bits per heavy atom. The molecule has 1 atom stereocenters. The average molecular weight is 262 g/mol. The molecule has 0 radical (unpaired) electrons. The number of rotatable bonds is 3. The third-order valence-corrected chi connectivity index (χ3v) is 1.70. The fourth-order valence-electron chi connectivity index (χ4n) is 0.260. The fraction of sp³-hybridized carbons (Fsp3) is 0.750. The molecule has 0 aromatic rings. The molecule has 0 bridgehead atoms. The summed E-state index contributed by atoms with van der Waals surface area (Å²) < 4.78 is 9.21. The van der Waals surface area contributed by atoms with Gasteiger partial charge in [-0.05, 0) is 6.92 Å². The Labute approximate surface area is 70.3 Å². The molecule has 0 aliphatic carbocycles. The number of hydrogen-bond acceptors (Lipinski definition) is 4. The van der Waals surface area contributed by atoms with Crippen molar-refractivity contribution in [3.05, 3.63) is 0 Å². The molecule has 0 aliphatic rings. The van der Waals surface area contributed by atoms with E-state index in [9.17, 15) is 4.79 Å². The highest BCUT2D eigenvalue weighted by Gasteiger charge is 2.12. The van der Waals surface area contributed by atoms with Crippen LogP contribution in [0.4, 0.5) is 0 Å². The summed E-state index contributed by atoms with van der Waals surface area (Å²) in [4.78, 5) is 10.5. The lowest BCUT2D eigenvalue weighted by Gasteiger charge is -2.04. The molecule has 0 aliphatic heterocycles. The number of carbonyl (C=O) groups is 1. The summed E-state index contributed by atoms with van der Waals surface area (Å²) >= 11 is 1.94. The maximum Gasteiger partial charge on any atom is 0.336 e. The minimum absolute atomic E-state index is 0.348. The van der Waals surface area contributed by atoms with Gasteiger partial charge in [-0.3, -0.25) is 4.18 Å². The van der Waals surface area contributed by atoms with Crippen molar-refractivity contribution >= 4 is 36.4 Å². The highest BCUT2D eigenvalue weighted by molar-refractivity contribution is 14.2. The standard InChI is InChI=1S/C4H7IO3S/c1-3(8-9-5)4(6)7-2/h3H,1-2H3/t3-/m0/s1. The van der Waals surface area contributed by atoms with Crippen molar-refractivity contribution in [2.45, 2.75) is 13.0 Å². The highest BCUT2D eigenvalue weighted by Crippen LogP contribution is 2.15. The summed E-state index contributed by atoms with van der Waals surface area (Å²) in [7, 11) is 2.46. The molecule has 0 spiro atoms. The van der Waals surface area contributed by atoms with Gasteiger partial charge in [-0.1, -0.05) is 0 Å². The Bertz CT molecular complexity index is 97.8. The number of esters is 1. The van der Waals surface area contributed by atoms with Crippen LogP contribution in [0.25, 0.3) is 0 Å². The molecule has 3 nitrogen and oxygen atoms in total. The van der Waals surface area contributed by atoms with E-state index >= 15 is 0 Å². The van der Waals surface area contributed by atoms with Crippen molar-refractivity contribution in [1.29, 1.82) is 0 Å². The van der Waals surface area contributed by atoms with E-state index in [1.54, 1.807) is 6.92 Å². The van der Waals surface area contributed by atoms with Crippen LogP contribution < -0.4 is 0 Å². The van der Waals surface area contributed by atoms with Gasteiger partial charge in [0.25, 0.3) is 0 Å². The first kappa shape index (κ1) is 9.51.